The van der Waals surface area contributed by atoms with Gasteiger partial charge >= 0.3 is 0 Å². The average Bonchev–Trinajstić information content (AvgIpc) is 3.35. The smallest absolute Gasteiger partial charge is 0.259 e. The van der Waals surface area contributed by atoms with Crippen LogP contribution < -0.4 is 10.1 Å². The Morgan fingerprint density at radius 3 is 2.90 bits per heavy atom. The zero-order valence-electron chi connectivity index (χ0n) is 16.7. The Balaban J connectivity index is 1.33. The Morgan fingerprint density at radius 2 is 2.10 bits per heavy atom. The molecule has 1 fully saturated rings. The molecular weight excluding hydrogens is 398 g/mol. The summed E-state index contributed by atoms with van der Waals surface area (Å²) in [5.74, 6) is 1.69. The maximum absolute atomic E-state index is 12.9. The number of hydrogen-bond donors (Lipinski definition) is 1. The van der Waals surface area contributed by atoms with E-state index in [1.54, 1.807) is 31.2 Å². The fourth-order valence-electron chi connectivity index (χ4n) is 3.21. The van der Waals surface area contributed by atoms with Crippen molar-refractivity contribution in [3.05, 3.63) is 65.8 Å². The maximum atomic E-state index is 12.9. The number of benzene rings is 2. The third-order valence-corrected chi connectivity index (χ3v) is 4.82. The van der Waals surface area contributed by atoms with Gasteiger partial charge in [0.05, 0.1) is 11.6 Å². The number of ether oxygens (including phenoxy) is 1. The molecule has 1 amide bonds. The third-order valence-electron chi connectivity index (χ3n) is 4.82. The van der Waals surface area contributed by atoms with E-state index in [4.69, 9.17) is 9.26 Å². The highest BCUT2D eigenvalue weighted by molar-refractivity contribution is 6.06. The van der Waals surface area contributed by atoms with Gasteiger partial charge in [-0.05, 0) is 47.5 Å². The van der Waals surface area contributed by atoms with Gasteiger partial charge in [0, 0.05) is 18.2 Å². The molecular formula is C21H19N7O3. The van der Waals surface area contributed by atoms with Gasteiger partial charge in [-0.15, -0.1) is 5.10 Å². The molecule has 0 radical (unpaired) electrons. The summed E-state index contributed by atoms with van der Waals surface area (Å²) in [4.78, 5) is 17.1. The lowest BCUT2D eigenvalue weighted by molar-refractivity contribution is 0.102. The van der Waals surface area contributed by atoms with Gasteiger partial charge in [0.25, 0.3) is 5.91 Å². The van der Waals surface area contributed by atoms with Crippen molar-refractivity contribution in [2.45, 2.75) is 32.4 Å². The zero-order valence-corrected chi connectivity index (χ0v) is 16.7. The van der Waals surface area contributed by atoms with Gasteiger partial charge in [-0.1, -0.05) is 29.4 Å². The van der Waals surface area contributed by atoms with E-state index in [1.807, 2.05) is 28.9 Å². The van der Waals surface area contributed by atoms with Gasteiger partial charge in [-0.2, -0.15) is 4.98 Å². The van der Waals surface area contributed by atoms with Crippen molar-refractivity contribution in [3.63, 3.8) is 0 Å². The number of nitrogens with one attached hydrogen (secondary N) is 1. The van der Waals surface area contributed by atoms with E-state index >= 15 is 0 Å². The fourth-order valence-corrected chi connectivity index (χ4v) is 3.21. The molecule has 0 unspecified atom stereocenters. The van der Waals surface area contributed by atoms with E-state index in [2.05, 4.69) is 31.0 Å². The molecule has 5 rings (SSSR count). The summed E-state index contributed by atoms with van der Waals surface area (Å²) in [6, 6.07) is 14.8. The van der Waals surface area contributed by atoms with Crippen LogP contribution >= 0.6 is 0 Å². The average molecular weight is 417 g/mol. The SMILES string of the molecule is Cc1nc(COc2ccccc2C(=O)Nc2cccc(-c3nnnn3C3CC3)c2)no1. The lowest BCUT2D eigenvalue weighted by atomic mass is 10.1. The van der Waals surface area contributed by atoms with Crippen molar-refractivity contribution in [2.75, 3.05) is 5.32 Å². The van der Waals surface area contributed by atoms with Crippen molar-refractivity contribution in [1.82, 2.24) is 30.3 Å². The van der Waals surface area contributed by atoms with Gasteiger partial charge < -0.3 is 14.6 Å². The number of nitrogens with zero attached hydrogens (tertiary/aromatic N) is 6. The molecule has 4 aromatic rings. The first-order valence-corrected chi connectivity index (χ1v) is 9.88. The van der Waals surface area contributed by atoms with Crippen LogP contribution in [0.1, 0.15) is 41.0 Å². The number of aryl methyl sites for hydroxylation is 1. The summed E-state index contributed by atoms with van der Waals surface area (Å²) in [5, 5.41) is 18.8. The summed E-state index contributed by atoms with van der Waals surface area (Å²) in [5.41, 5.74) is 1.87. The standard InChI is InChI=1S/C21H19N7O3/c1-13-22-19(25-31-13)12-30-18-8-3-2-7-17(18)21(29)23-15-6-4-5-14(11-15)20-24-26-27-28(20)16-9-10-16/h2-8,11,16H,9-10,12H2,1H3,(H,23,29). The van der Waals surface area contributed by atoms with E-state index in [0.29, 0.717) is 40.6 Å². The molecule has 1 aliphatic carbocycles. The van der Waals surface area contributed by atoms with Crippen molar-refractivity contribution in [1.29, 1.82) is 0 Å². The van der Waals surface area contributed by atoms with Crippen molar-refractivity contribution >= 4 is 11.6 Å². The van der Waals surface area contributed by atoms with E-state index in [0.717, 1.165) is 18.4 Å². The first kappa shape index (κ1) is 18.9. The largest absolute Gasteiger partial charge is 0.485 e. The Labute approximate surface area is 177 Å². The minimum Gasteiger partial charge on any atom is -0.485 e. The molecule has 0 saturated heterocycles. The Morgan fingerprint density at radius 1 is 1.23 bits per heavy atom. The summed E-state index contributed by atoms with van der Waals surface area (Å²) in [7, 11) is 0. The predicted molar refractivity (Wildman–Crippen MR) is 109 cm³/mol. The van der Waals surface area contributed by atoms with Gasteiger partial charge in [-0.25, -0.2) is 4.68 Å². The second-order valence-corrected chi connectivity index (χ2v) is 7.23. The Kier molecular flexibility index (Phi) is 4.87. The molecule has 2 aromatic heterocycles. The molecule has 1 saturated carbocycles. The van der Waals surface area contributed by atoms with Crippen molar-refractivity contribution < 1.29 is 14.1 Å². The van der Waals surface area contributed by atoms with E-state index < -0.39 is 0 Å². The number of rotatable bonds is 7. The number of amides is 1. The molecule has 1 aliphatic rings. The molecule has 0 spiro atoms. The van der Waals surface area contributed by atoms with Crippen LogP contribution in [0.2, 0.25) is 0 Å². The first-order valence-electron chi connectivity index (χ1n) is 9.88. The van der Waals surface area contributed by atoms with E-state index in [9.17, 15) is 4.79 Å². The molecule has 2 heterocycles. The van der Waals surface area contributed by atoms with Crippen molar-refractivity contribution in [2.24, 2.45) is 0 Å². The monoisotopic (exact) mass is 417 g/mol. The maximum Gasteiger partial charge on any atom is 0.259 e. The molecule has 156 valence electrons. The highest BCUT2D eigenvalue weighted by atomic mass is 16.5. The lowest BCUT2D eigenvalue weighted by Gasteiger charge is -2.11. The quantitative estimate of drug-likeness (QED) is 0.487. The van der Waals surface area contributed by atoms with Crippen LogP contribution in [0.3, 0.4) is 0 Å². The van der Waals surface area contributed by atoms with E-state index in [1.165, 1.54) is 0 Å². The molecule has 2 aromatic carbocycles. The van der Waals surface area contributed by atoms with Crippen LogP contribution in [0.4, 0.5) is 5.69 Å². The highest BCUT2D eigenvalue weighted by Gasteiger charge is 2.28. The van der Waals surface area contributed by atoms with Crippen LogP contribution in [0.5, 0.6) is 5.75 Å². The minimum absolute atomic E-state index is 0.0982. The fraction of sp³-hybridized carbons (Fsp3) is 0.238. The van der Waals surface area contributed by atoms with E-state index in [-0.39, 0.29) is 12.5 Å². The number of tetrazole rings is 1. The second kappa shape index (κ2) is 7.98. The van der Waals surface area contributed by atoms with Crippen molar-refractivity contribution in [3.8, 4) is 17.1 Å². The van der Waals surface area contributed by atoms with Gasteiger partial charge in [0.15, 0.2) is 12.4 Å². The van der Waals surface area contributed by atoms with Crippen LogP contribution in [0.25, 0.3) is 11.4 Å². The number of aromatic nitrogens is 6. The first-order chi connectivity index (χ1) is 15.2. The summed E-state index contributed by atoms with van der Waals surface area (Å²) in [6.45, 7) is 1.80. The topological polar surface area (TPSA) is 121 Å². The van der Waals surface area contributed by atoms with Crippen LogP contribution in [0, 0.1) is 6.92 Å². The van der Waals surface area contributed by atoms with Crippen LogP contribution in [0.15, 0.2) is 53.1 Å². The lowest BCUT2D eigenvalue weighted by Crippen LogP contribution is -2.14. The number of para-hydroxylation sites is 1. The predicted octanol–water partition coefficient (Wildman–Crippen LogP) is 3.20. The highest BCUT2D eigenvalue weighted by Crippen LogP contribution is 2.36. The minimum atomic E-state index is -0.293. The molecule has 0 bridgehead atoms. The zero-order chi connectivity index (χ0) is 21.2. The van der Waals surface area contributed by atoms with Crippen LogP contribution in [-0.2, 0) is 6.61 Å². The number of anilines is 1. The molecule has 1 N–H and O–H groups in total. The number of carbonyl (C=O) groups excluding carboxylic acids is 1. The molecule has 10 heteroatoms. The van der Waals surface area contributed by atoms with Gasteiger partial charge in [0.1, 0.15) is 5.75 Å². The summed E-state index contributed by atoms with van der Waals surface area (Å²) >= 11 is 0. The van der Waals surface area contributed by atoms with Crippen LogP contribution in [-0.4, -0.2) is 36.3 Å². The normalized spacial score (nSPS) is 13.2. The number of carbonyl (C=O) groups is 1. The van der Waals surface area contributed by atoms with Gasteiger partial charge in [0.2, 0.25) is 11.7 Å². The molecule has 0 aliphatic heterocycles. The Bertz CT molecular complexity index is 1230. The van der Waals surface area contributed by atoms with Gasteiger partial charge in [-0.3, -0.25) is 4.79 Å². The summed E-state index contributed by atoms with van der Waals surface area (Å²) < 4.78 is 12.5. The third kappa shape index (κ3) is 4.13. The Hall–Kier alpha value is -4.08. The molecule has 0 atom stereocenters. The second-order valence-electron chi connectivity index (χ2n) is 7.23. The molecule has 31 heavy (non-hydrogen) atoms. The molecule has 10 nitrogen and oxygen atoms in total. The number of hydrogen-bond acceptors (Lipinski definition) is 8. The summed E-state index contributed by atoms with van der Waals surface area (Å²) in [6.07, 6.45) is 2.16.